The maximum atomic E-state index is 8.91. The molecule has 1 rings (SSSR count). The smallest absolute Gasteiger partial charge is 0.163 e. The quantitative estimate of drug-likeness (QED) is 0.661. The average molecular weight is 220 g/mol. The van der Waals surface area contributed by atoms with E-state index in [-0.39, 0.29) is 25.6 Å². The molecular weight excluding hydrogens is 200 g/mol. The van der Waals surface area contributed by atoms with Gasteiger partial charge in [0.05, 0.1) is 12.7 Å². The molecule has 0 aromatic rings. The number of aliphatic hydroxyl groups excluding tert-OH is 1. The summed E-state index contributed by atoms with van der Waals surface area (Å²) in [5, 5.41) is 8.91. The van der Waals surface area contributed by atoms with E-state index in [4.69, 9.17) is 24.1 Å². The molecule has 1 aliphatic heterocycles. The van der Waals surface area contributed by atoms with Crippen molar-refractivity contribution >= 4 is 0 Å². The maximum absolute atomic E-state index is 8.91. The van der Waals surface area contributed by atoms with Crippen LogP contribution in [0.2, 0.25) is 0 Å². The minimum atomic E-state index is -0.561. The lowest BCUT2D eigenvalue weighted by molar-refractivity contribution is -0.171. The third kappa shape index (κ3) is 4.04. The first-order valence-corrected chi connectivity index (χ1v) is 5.12. The van der Waals surface area contributed by atoms with Gasteiger partial charge in [0.25, 0.3) is 0 Å². The number of hydrogen-bond donors (Lipinski definition) is 1. The lowest BCUT2D eigenvalue weighted by Gasteiger charge is -2.23. The van der Waals surface area contributed by atoms with Crippen LogP contribution in [0.3, 0.4) is 0 Å². The van der Waals surface area contributed by atoms with Gasteiger partial charge in [-0.15, -0.1) is 0 Å². The second-order valence-electron chi connectivity index (χ2n) is 3.99. The Balaban J connectivity index is 2.42. The summed E-state index contributed by atoms with van der Waals surface area (Å²) in [4.78, 5) is 0. The SMILES string of the molecule is COCO[C@@H](CCO)[C@H]1COC(C)(C)O1. The van der Waals surface area contributed by atoms with Crippen molar-refractivity contribution in [3.8, 4) is 0 Å². The van der Waals surface area contributed by atoms with Gasteiger partial charge in [0.1, 0.15) is 12.9 Å². The predicted octanol–water partition coefficient (Wildman–Crippen LogP) is 0.509. The van der Waals surface area contributed by atoms with E-state index in [2.05, 4.69) is 0 Å². The fourth-order valence-corrected chi connectivity index (χ4v) is 1.56. The molecule has 90 valence electrons. The third-order valence-electron chi connectivity index (χ3n) is 2.26. The Morgan fingerprint density at radius 3 is 2.73 bits per heavy atom. The van der Waals surface area contributed by atoms with Gasteiger partial charge in [0.2, 0.25) is 0 Å². The molecule has 0 saturated carbocycles. The van der Waals surface area contributed by atoms with E-state index < -0.39 is 5.79 Å². The van der Waals surface area contributed by atoms with Gasteiger partial charge in [-0.3, -0.25) is 0 Å². The van der Waals surface area contributed by atoms with Crippen molar-refractivity contribution < 1.29 is 24.1 Å². The summed E-state index contributed by atoms with van der Waals surface area (Å²) < 4.78 is 21.3. The molecular formula is C10H20O5. The molecule has 5 heteroatoms. The number of methoxy groups -OCH3 is 1. The number of ether oxygens (including phenoxy) is 4. The predicted molar refractivity (Wildman–Crippen MR) is 53.4 cm³/mol. The van der Waals surface area contributed by atoms with Gasteiger partial charge in [-0.2, -0.15) is 0 Å². The highest BCUT2D eigenvalue weighted by Crippen LogP contribution is 2.26. The third-order valence-corrected chi connectivity index (χ3v) is 2.26. The number of aliphatic hydroxyl groups is 1. The van der Waals surface area contributed by atoms with Gasteiger partial charge in [0, 0.05) is 13.7 Å². The van der Waals surface area contributed by atoms with Crippen LogP contribution in [0.5, 0.6) is 0 Å². The van der Waals surface area contributed by atoms with E-state index in [0.717, 1.165) is 0 Å². The van der Waals surface area contributed by atoms with Gasteiger partial charge in [-0.1, -0.05) is 0 Å². The molecule has 0 aliphatic carbocycles. The van der Waals surface area contributed by atoms with Crippen molar-refractivity contribution in [2.45, 2.75) is 38.3 Å². The monoisotopic (exact) mass is 220 g/mol. The molecule has 5 nitrogen and oxygen atoms in total. The van der Waals surface area contributed by atoms with E-state index in [1.165, 1.54) is 0 Å². The highest BCUT2D eigenvalue weighted by Gasteiger charge is 2.37. The van der Waals surface area contributed by atoms with E-state index >= 15 is 0 Å². The first kappa shape index (κ1) is 12.9. The highest BCUT2D eigenvalue weighted by molar-refractivity contribution is 4.78. The second-order valence-corrected chi connectivity index (χ2v) is 3.99. The van der Waals surface area contributed by atoms with Crippen LogP contribution in [-0.2, 0) is 18.9 Å². The standard InChI is InChI=1S/C10H20O5/c1-10(2)14-6-9(15-10)8(4-5-11)13-7-12-3/h8-9,11H,4-7H2,1-3H3/t8-,9+/m0/s1. The van der Waals surface area contributed by atoms with Crippen molar-refractivity contribution in [3.05, 3.63) is 0 Å². The second kappa shape index (κ2) is 5.77. The van der Waals surface area contributed by atoms with Gasteiger partial charge in [-0.05, 0) is 20.3 Å². The van der Waals surface area contributed by atoms with Crippen molar-refractivity contribution in [3.63, 3.8) is 0 Å². The minimum absolute atomic E-state index is 0.0642. The molecule has 0 spiro atoms. The molecule has 1 N–H and O–H groups in total. The molecule has 0 radical (unpaired) electrons. The summed E-state index contributed by atoms with van der Waals surface area (Å²) >= 11 is 0. The zero-order valence-corrected chi connectivity index (χ0v) is 9.56. The van der Waals surface area contributed by atoms with Gasteiger partial charge in [0.15, 0.2) is 5.79 Å². The van der Waals surface area contributed by atoms with E-state index in [0.29, 0.717) is 13.0 Å². The van der Waals surface area contributed by atoms with E-state index in [1.807, 2.05) is 13.8 Å². The Kier molecular flexibility index (Phi) is 4.95. The van der Waals surface area contributed by atoms with Crippen LogP contribution in [0.4, 0.5) is 0 Å². The Morgan fingerprint density at radius 1 is 1.53 bits per heavy atom. The van der Waals surface area contributed by atoms with Crippen LogP contribution in [0, 0.1) is 0 Å². The molecule has 0 bridgehead atoms. The molecule has 0 unspecified atom stereocenters. The number of rotatable bonds is 6. The Labute approximate surface area is 90.3 Å². The number of hydrogen-bond acceptors (Lipinski definition) is 5. The van der Waals surface area contributed by atoms with Crippen LogP contribution in [0.25, 0.3) is 0 Å². The van der Waals surface area contributed by atoms with Crippen LogP contribution in [0.1, 0.15) is 20.3 Å². The van der Waals surface area contributed by atoms with Crippen molar-refractivity contribution in [2.75, 3.05) is 27.1 Å². The average Bonchev–Trinajstić information content (AvgIpc) is 2.53. The minimum Gasteiger partial charge on any atom is -0.396 e. The summed E-state index contributed by atoms with van der Waals surface area (Å²) in [5.74, 6) is -0.561. The molecule has 0 aromatic carbocycles. The van der Waals surface area contributed by atoms with Gasteiger partial charge in [-0.25, -0.2) is 0 Å². The molecule has 0 aromatic heterocycles. The van der Waals surface area contributed by atoms with Crippen LogP contribution >= 0.6 is 0 Å². The molecule has 15 heavy (non-hydrogen) atoms. The lowest BCUT2D eigenvalue weighted by Crippen LogP contribution is -2.34. The maximum Gasteiger partial charge on any atom is 0.163 e. The highest BCUT2D eigenvalue weighted by atomic mass is 16.8. The summed E-state index contributed by atoms with van der Waals surface area (Å²) in [6.45, 7) is 4.47. The van der Waals surface area contributed by atoms with Crippen molar-refractivity contribution in [1.29, 1.82) is 0 Å². The zero-order valence-electron chi connectivity index (χ0n) is 9.56. The molecule has 1 aliphatic rings. The molecule has 1 saturated heterocycles. The first-order chi connectivity index (χ1) is 7.09. The zero-order chi connectivity index (χ0) is 11.3. The normalized spacial score (nSPS) is 26.8. The fourth-order valence-electron chi connectivity index (χ4n) is 1.56. The van der Waals surface area contributed by atoms with Gasteiger partial charge >= 0.3 is 0 Å². The molecule has 1 heterocycles. The Morgan fingerprint density at radius 2 is 2.27 bits per heavy atom. The molecule has 1 fully saturated rings. The molecule has 2 atom stereocenters. The fraction of sp³-hybridized carbons (Fsp3) is 1.00. The Bertz CT molecular complexity index is 183. The summed E-state index contributed by atoms with van der Waals surface area (Å²) in [7, 11) is 1.56. The van der Waals surface area contributed by atoms with E-state index in [9.17, 15) is 0 Å². The van der Waals surface area contributed by atoms with Crippen LogP contribution in [-0.4, -0.2) is 50.2 Å². The summed E-state index contributed by atoms with van der Waals surface area (Å²) in [6, 6.07) is 0. The lowest BCUT2D eigenvalue weighted by atomic mass is 10.1. The largest absolute Gasteiger partial charge is 0.396 e. The summed E-state index contributed by atoms with van der Waals surface area (Å²) in [6.07, 6.45) is 0.201. The van der Waals surface area contributed by atoms with E-state index in [1.54, 1.807) is 7.11 Å². The Hall–Kier alpha value is -0.200. The van der Waals surface area contributed by atoms with Crippen molar-refractivity contribution in [2.24, 2.45) is 0 Å². The summed E-state index contributed by atoms with van der Waals surface area (Å²) in [5.41, 5.74) is 0. The first-order valence-electron chi connectivity index (χ1n) is 5.12. The molecule has 0 amide bonds. The topological polar surface area (TPSA) is 57.2 Å². The van der Waals surface area contributed by atoms with Gasteiger partial charge < -0.3 is 24.1 Å². The van der Waals surface area contributed by atoms with Crippen LogP contribution < -0.4 is 0 Å². The van der Waals surface area contributed by atoms with Crippen LogP contribution in [0.15, 0.2) is 0 Å². The van der Waals surface area contributed by atoms with Crippen molar-refractivity contribution in [1.82, 2.24) is 0 Å².